The summed E-state index contributed by atoms with van der Waals surface area (Å²) in [5, 5.41) is 20.5. The predicted molar refractivity (Wildman–Crippen MR) is 141 cm³/mol. The molecule has 1 unspecified atom stereocenters. The molecule has 5 atom stereocenters. The van der Waals surface area contributed by atoms with Crippen LogP contribution in [0.4, 0.5) is 0 Å². The van der Waals surface area contributed by atoms with Gasteiger partial charge < -0.3 is 24.4 Å². The van der Waals surface area contributed by atoms with E-state index in [4.69, 9.17) is 14.2 Å². The Balaban J connectivity index is 1.86. The van der Waals surface area contributed by atoms with E-state index in [1.54, 1.807) is 19.1 Å². The average Bonchev–Trinajstić information content (AvgIpc) is 3.16. The van der Waals surface area contributed by atoms with Crippen LogP contribution in [0.25, 0.3) is 17.2 Å². The number of esters is 1. The summed E-state index contributed by atoms with van der Waals surface area (Å²) in [6, 6.07) is 14.0. The van der Waals surface area contributed by atoms with Gasteiger partial charge >= 0.3 is 5.97 Å². The molecule has 2 N–H and O–H groups in total. The monoisotopic (exact) mass is 494 g/mol. The SMILES string of the molecule is COC(=O)c1c(C)cc(-c2ccccc2)cc1/C=C/C[C@@H]1OC(C)(C)O[C@@H]1C(O)/C=C\[C@@H](C)[C@H](C)O. The van der Waals surface area contributed by atoms with E-state index in [0.29, 0.717) is 12.0 Å². The second-order valence-electron chi connectivity index (χ2n) is 9.87. The van der Waals surface area contributed by atoms with Crippen LogP contribution >= 0.6 is 0 Å². The second-order valence-corrected chi connectivity index (χ2v) is 9.87. The third-order valence-corrected chi connectivity index (χ3v) is 6.46. The highest BCUT2D eigenvalue weighted by molar-refractivity contribution is 5.96. The topological polar surface area (TPSA) is 85.2 Å². The van der Waals surface area contributed by atoms with Gasteiger partial charge in [-0.15, -0.1) is 0 Å². The maximum atomic E-state index is 12.6. The van der Waals surface area contributed by atoms with Gasteiger partial charge in [-0.1, -0.05) is 67.6 Å². The van der Waals surface area contributed by atoms with Crippen LogP contribution in [0, 0.1) is 12.8 Å². The van der Waals surface area contributed by atoms with E-state index in [9.17, 15) is 15.0 Å². The highest BCUT2D eigenvalue weighted by Crippen LogP contribution is 2.33. The summed E-state index contributed by atoms with van der Waals surface area (Å²) >= 11 is 0. The lowest BCUT2D eigenvalue weighted by atomic mass is 9.94. The fourth-order valence-corrected chi connectivity index (χ4v) is 4.35. The Hall–Kier alpha value is -2.77. The average molecular weight is 495 g/mol. The van der Waals surface area contributed by atoms with Gasteiger partial charge in [0.1, 0.15) is 12.2 Å². The zero-order valence-corrected chi connectivity index (χ0v) is 22.0. The number of hydrogen-bond acceptors (Lipinski definition) is 6. The molecule has 6 nitrogen and oxygen atoms in total. The molecule has 1 aliphatic heterocycles. The quantitative estimate of drug-likeness (QED) is 0.363. The fourth-order valence-electron chi connectivity index (χ4n) is 4.35. The van der Waals surface area contributed by atoms with Gasteiger partial charge in [-0.3, -0.25) is 0 Å². The number of rotatable bonds is 9. The minimum Gasteiger partial charge on any atom is -0.465 e. The first-order chi connectivity index (χ1) is 17.0. The lowest BCUT2D eigenvalue weighted by molar-refractivity contribution is -0.152. The van der Waals surface area contributed by atoms with Crippen molar-refractivity contribution in [1.29, 1.82) is 0 Å². The van der Waals surface area contributed by atoms with Crippen LogP contribution in [0.2, 0.25) is 0 Å². The number of aliphatic hydroxyl groups is 2. The number of benzene rings is 2. The van der Waals surface area contributed by atoms with Gasteiger partial charge in [0.25, 0.3) is 0 Å². The van der Waals surface area contributed by atoms with Crippen molar-refractivity contribution in [3.8, 4) is 11.1 Å². The molecule has 0 aromatic heterocycles. The van der Waals surface area contributed by atoms with Gasteiger partial charge in [-0.25, -0.2) is 4.79 Å². The van der Waals surface area contributed by atoms with E-state index in [1.165, 1.54) is 7.11 Å². The molecule has 0 aliphatic carbocycles. The Labute approximate surface area is 214 Å². The summed E-state index contributed by atoms with van der Waals surface area (Å²) in [7, 11) is 1.38. The Morgan fingerprint density at radius 3 is 2.42 bits per heavy atom. The molecule has 2 aromatic carbocycles. The van der Waals surface area contributed by atoms with Crippen molar-refractivity contribution in [3.63, 3.8) is 0 Å². The van der Waals surface area contributed by atoms with Crippen molar-refractivity contribution >= 4 is 12.0 Å². The Morgan fingerprint density at radius 1 is 1.08 bits per heavy atom. The van der Waals surface area contributed by atoms with Crippen LogP contribution in [0.5, 0.6) is 0 Å². The molecule has 194 valence electrons. The van der Waals surface area contributed by atoms with Crippen LogP contribution < -0.4 is 0 Å². The third-order valence-electron chi connectivity index (χ3n) is 6.46. The molecule has 0 amide bonds. The number of aliphatic hydroxyl groups excluding tert-OH is 2. The zero-order chi connectivity index (χ0) is 26.5. The molecule has 0 spiro atoms. The summed E-state index contributed by atoms with van der Waals surface area (Å²) in [5.74, 6) is -1.32. The minimum absolute atomic E-state index is 0.0924. The molecule has 0 bridgehead atoms. The summed E-state index contributed by atoms with van der Waals surface area (Å²) in [4.78, 5) is 12.6. The van der Waals surface area contributed by atoms with Gasteiger partial charge in [0.2, 0.25) is 0 Å². The number of ether oxygens (including phenoxy) is 3. The predicted octanol–water partition coefficient (Wildman–Crippen LogP) is 5.31. The highest BCUT2D eigenvalue weighted by Gasteiger charge is 2.43. The highest BCUT2D eigenvalue weighted by atomic mass is 16.8. The molecule has 3 rings (SSSR count). The van der Waals surface area contributed by atoms with E-state index in [0.717, 1.165) is 22.3 Å². The van der Waals surface area contributed by atoms with Crippen LogP contribution in [0.15, 0.2) is 60.7 Å². The van der Waals surface area contributed by atoms with E-state index in [-0.39, 0.29) is 11.9 Å². The normalized spacial score (nSPS) is 22.1. The number of methoxy groups -OCH3 is 1. The molecular weight excluding hydrogens is 456 g/mol. The van der Waals surface area contributed by atoms with E-state index in [1.807, 2.05) is 82.3 Å². The van der Waals surface area contributed by atoms with Crippen molar-refractivity contribution in [2.45, 2.75) is 71.2 Å². The number of aryl methyl sites for hydroxylation is 1. The van der Waals surface area contributed by atoms with E-state index < -0.39 is 30.2 Å². The van der Waals surface area contributed by atoms with Crippen molar-refractivity contribution in [1.82, 2.24) is 0 Å². The van der Waals surface area contributed by atoms with Crippen molar-refractivity contribution in [2.24, 2.45) is 5.92 Å². The molecular formula is C30H38O6. The number of carbonyl (C=O) groups is 1. The summed E-state index contributed by atoms with van der Waals surface area (Å²) < 4.78 is 17.1. The zero-order valence-electron chi connectivity index (χ0n) is 22.0. The molecule has 1 aliphatic rings. The maximum absolute atomic E-state index is 12.6. The summed E-state index contributed by atoms with van der Waals surface area (Å²) in [5.41, 5.74) is 4.16. The summed E-state index contributed by atoms with van der Waals surface area (Å²) in [6.07, 6.45) is 5.40. The first-order valence-corrected chi connectivity index (χ1v) is 12.4. The van der Waals surface area contributed by atoms with Crippen LogP contribution in [-0.4, -0.2) is 53.5 Å². The van der Waals surface area contributed by atoms with Crippen LogP contribution in [0.3, 0.4) is 0 Å². The largest absolute Gasteiger partial charge is 0.465 e. The molecule has 2 aromatic rings. The van der Waals surface area contributed by atoms with Crippen molar-refractivity contribution < 1.29 is 29.2 Å². The van der Waals surface area contributed by atoms with Gasteiger partial charge in [0.05, 0.1) is 24.9 Å². The number of hydrogen-bond donors (Lipinski definition) is 2. The van der Waals surface area contributed by atoms with Gasteiger partial charge in [-0.05, 0) is 68.4 Å². The van der Waals surface area contributed by atoms with Crippen LogP contribution in [0.1, 0.15) is 55.6 Å². The lowest BCUT2D eigenvalue weighted by Gasteiger charge is -2.20. The first kappa shape index (κ1) is 27.8. The van der Waals surface area contributed by atoms with Gasteiger partial charge in [0, 0.05) is 0 Å². The van der Waals surface area contributed by atoms with Crippen molar-refractivity contribution in [2.75, 3.05) is 7.11 Å². The van der Waals surface area contributed by atoms with E-state index in [2.05, 4.69) is 0 Å². The molecule has 0 radical (unpaired) electrons. The second kappa shape index (κ2) is 12.0. The Bertz CT molecular complexity index is 1090. The molecule has 0 saturated carbocycles. The Morgan fingerprint density at radius 2 is 1.78 bits per heavy atom. The molecule has 36 heavy (non-hydrogen) atoms. The number of carbonyl (C=O) groups excluding carboxylic acids is 1. The maximum Gasteiger partial charge on any atom is 0.338 e. The van der Waals surface area contributed by atoms with Crippen molar-refractivity contribution in [3.05, 3.63) is 77.4 Å². The lowest BCUT2D eigenvalue weighted by Crippen LogP contribution is -2.34. The molecule has 1 saturated heterocycles. The van der Waals surface area contributed by atoms with E-state index >= 15 is 0 Å². The first-order valence-electron chi connectivity index (χ1n) is 12.4. The standard InChI is InChI=1S/C30H38O6/c1-19(21(3)31)15-16-25(32)28-26(35-30(4,5)36-28)14-10-13-23-18-24(22-11-8-7-9-12-22)17-20(2)27(23)29(33)34-6/h7-13,15-19,21,25-26,28,31-32H,14H2,1-6H3/b13-10+,16-15-/t19-,21+,25?,26+,28-/m1/s1. The third kappa shape index (κ3) is 6.92. The molecule has 1 heterocycles. The minimum atomic E-state index is -0.888. The molecule has 6 heteroatoms. The summed E-state index contributed by atoms with van der Waals surface area (Å²) in [6.45, 7) is 9.14. The van der Waals surface area contributed by atoms with Gasteiger partial charge in [-0.2, -0.15) is 0 Å². The smallest absolute Gasteiger partial charge is 0.338 e. The fraction of sp³-hybridized carbons (Fsp3) is 0.433. The van der Waals surface area contributed by atoms with Crippen LogP contribution in [-0.2, 0) is 14.2 Å². The Kier molecular flexibility index (Phi) is 9.25. The van der Waals surface area contributed by atoms with Gasteiger partial charge in [0.15, 0.2) is 5.79 Å². The molecule has 1 fully saturated rings.